The quantitative estimate of drug-likeness (QED) is 0.362. The van der Waals surface area contributed by atoms with E-state index in [0.717, 1.165) is 59.2 Å². The Morgan fingerprint density at radius 2 is 0.395 bits per heavy atom. The maximum atomic E-state index is 10.3. The highest BCUT2D eigenvalue weighted by Gasteiger charge is 2.97. The highest BCUT2D eigenvalue weighted by molar-refractivity contribution is 6.92. The lowest BCUT2D eigenvalue weighted by Crippen LogP contribution is -2.97. The van der Waals surface area contributed by atoms with Gasteiger partial charge in [0, 0.05) is 0 Å². The van der Waals surface area contributed by atoms with Gasteiger partial charge in [0.15, 0.2) is 0 Å². The average molecular weight is 547 g/mol. The largest absolute Gasteiger partial charge is 0.393 e. The molecule has 16 aliphatic carbocycles. The van der Waals surface area contributed by atoms with Gasteiger partial charge in [-0.2, -0.15) is 19.8 Å². The van der Waals surface area contributed by atoms with Crippen LogP contribution in [0.5, 0.6) is 0 Å². The van der Waals surface area contributed by atoms with E-state index in [1.165, 1.54) is 131 Å². The van der Waals surface area contributed by atoms with Crippen LogP contribution < -0.4 is 0 Å². The van der Waals surface area contributed by atoms with Crippen molar-refractivity contribution in [3.8, 4) is 0 Å². The minimum absolute atomic E-state index is 0. The molecule has 202 valence electrons. The van der Waals surface area contributed by atoms with Crippen LogP contribution >= 0.6 is 19.8 Å². The van der Waals surface area contributed by atoms with Crippen molar-refractivity contribution in [3.63, 3.8) is 0 Å². The van der Waals surface area contributed by atoms with Gasteiger partial charge in [0.05, 0.1) is 12.2 Å². The first kappa shape index (κ1) is 20.6. The van der Waals surface area contributed by atoms with Crippen LogP contribution in [0.1, 0.15) is 12.8 Å². The molecule has 16 fully saturated rings. The minimum Gasteiger partial charge on any atom is -0.393 e. The summed E-state index contributed by atoms with van der Waals surface area (Å²) in [4.78, 5) is 0. The van der Waals surface area contributed by atoms with Crippen molar-refractivity contribution < 1.29 is 10.2 Å². The fourth-order valence-electron chi connectivity index (χ4n) is 21.4. The Labute approximate surface area is 232 Å². The highest BCUT2D eigenvalue weighted by atomic mass is 31.0. The zero-order valence-electron chi connectivity index (χ0n) is 22.2. The molecule has 38 heavy (non-hydrogen) atoms. The smallest absolute Gasteiger partial charge is 0.0576 e. The Bertz CT molecular complexity index is 1220. The summed E-state index contributed by atoms with van der Waals surface area (Å²) in [5.41, 5.74) is 0. The summed E-state index contributed by atoms with van der Waals surface area (Å²) in [5.74, 6) is 34.4. The van der Waals surface area contributed by atoms with Crippen molar-refractivity contribution in [1.29, 1.82) is 0 Å². The molecule has 34 unspecified atom stereocenters. The minimum atomic E-state index is 0. The Kier molecular flexibility index (Phi) is 2.85. The highest BCUT2D eigenvalue weighted by Crippen LogP contribution is 3.00. The molecule has 4 heteroatoms. The number of rotatable bonds is 0. The van der Waals surface area contributed by atoms with E-state index in [1.807, 2.05) is 0 Å². The van der Waals surface area contributed by atoms with E-state index in [0.29, 0.717) is 0 Å². The molecule has 0 bridgehead atoms. The number of hydrogen-bond donors (Lipinski definition) is 2. The standard InChI is InChI=1S/C34H38O2.2H3P/c35-5-1-3-7(5)11-9(3)13-15(11)19-17(13)21-23(19)27-25(21)29-31(27)34-30-26-22-18-14-10-4-2-6(36)8(4)12(10)16(14)20(18)24(22)28(26)32(30)33(29)34;;/h3-36H,1-2H2;2*1H3. The second-order valence-electron chi connectivity index (χ2n) is 19.1. The van der Waals surface area contributed by atoms with Gasteiger partial charge in [-0.1, -0.05) is 0 Å². The molecule has 0 heterocycles. The molecule has 0 aromatic rings. The molecule has 0 saturated heterocycles. The van der Waals surface area contributed by atoms with Crippen LogP contribution in [0.3, 0.4) is 0 Å². The molecule has 0 aromatic carbocycles. The van der Waals surface area contributed by atoms with Crippen molar-refractivity contribution in [2.24, 2.45) is 178 Å². The van der Waals surface area contributed by atoms with Crippen LogP contribution in [0.15, 0.2) is 0 Å². The lowest BCUT2D eigenvalue weighted by molar-refractivity contribution is -0.536. The van der Waals surface area contributed by atoms with Gasteiger partial charge in [-0.25, -0.2) is 0 Å². The van der Waals surface area contributed by atoms with Crippen LogP contribution in [-0.2, 0) is 0 Å². The third-order valence-corrected chi connectivity index (χ3v) is 21.2. The lowest BCUT2D eigenvalue weighted by atomic mass is 9.04. The summed E-state index contributed by atoms with van der Waals surface area (Å²) in [5, 5.41) is 20.7. The summed E-state index contributed by atoms with van der Waals surface area (Å²) in [6.45, 7) is 0. The zero-order chi connectivity index (χ0) is 21.9. The van der Waals surface area contributed by atoms with Crippen LogP contribution in [-0.4, -0.2) is 22.4 Å². The average Bonchev–Trinajstić information content (AvgIpc) is 2.79. The zero-order valence-corrected chi connectivity index (χ0v) is 25.0. The lowest BCUT2D eigenvalue weighted by Gasteiger charge is -3.00. The van der Waals surface area contributed by atoms with Crippen LogP contribution in [0, 0.1) is 178 Å². The van der Waals surface area contributed by atoms with E-state index in [-0.39, 0.29) is 32.0 Å². The first-order valence-corrected chi connectivity index (χ1v) is 17.1. The molecule has 16 rings (SSSR count). The summed E-state index contributed by atoms with van der Waals surface area (Å²) >= 11 is 0. The molecule has 2 N–H and O–H groups in total. The second-order valence-corrected chi connectivity index (χ2v) is 19.1. The Balaban J connectivity index is 0.000000867. The summed E-state index contributed by atoms with van der Waals surface area (Å²) in [6, 6.07) is 0. The van der Waals surface area contributed by atoms with Crippen molar-refractivity contribution >= 4 is 19.8 Å². The van der Waals surface area contributed by atoms with Crippen LogP contribution in [0.4, 0.5) is 0 Å². The molecule has 0 amide bonds. The first-order valence-electron chi connectivity index (χ1n) is 17.1. The Morgan fingerprint density at radius 1 is 0.237 bits per heavy atom. The van der Waals surface area contributed by atoms with Crippen LogP contribution in [0.25, 0.3) is 0 Å². The van der Waals surface area contributed by atoms with E-state index in [4.69, 9.17) is 0 Å². The molecule has 2 nitrogen and oxygen atoms in total. The Hall–Kier alpha value is 0.780. The number of fused-ring (bicyclic) bond motifs is 43. The summed E-state index contributed by atoms with van der Waals surface area (Å²) < 4.78 is 0. The van der Waals surface area contributed by atoms with Gasteiger partial charge >= 0.3 is 0 Å². The van der Waals surface area contributed by atoms with E-state index in [2.05, 4.69) is 0 Å². The Morgan fingerprint density at radius 3 is 0.579 bits per heavy atom. The molecule has 16 saturated carbocycles. The van der Waals surface area contributed by atoms with Gasteiger partial charge in [0.2, 0.25) is 0 Å². The maximum absolute atomic E-state index is 10.3. The van der Waals surface area contributed by atoms with Crippen molar-refractivity contribution in [2.75, 3.05) is 0 Å². The molecular weight excluding hydrogens is 502 g/mol. The SMILES string of the molecule is OC1CC2C1C1C2C2C1C1C2C2C1C1C2C2C1C1C3C4C5C6C7C8C9CC(O)C9C8C7C6C5C4C3C21.P.P. The molecule has 0 radical (unpaired) electrons. The number of aliphatic hydroxyl groups is 2. The van der Waals surface area contributed by atoms with Crippen molar-refractivity contribution in [2.45, 2.75) is 25.0 Å². The van der Waals surface area contributed by atoms with Gasteiger partial charge in [-0.15, -0.1) is 0 Å². The third-order valence-electron chi connectivity index (χ3n) is 21.2. The monoisotopic (exact) mass is 546 g/mol. The maximum Gasteiger partial charge on any atom is 0.0576 e. The molecular formula is C34H44O2P2. The third kappa shape index (κ3) is 1.32. The van der Waals surface area contributed by atoms with Gasteiger partial charge in [0.25, 0.3) is 0 Å². The van der Waals surface area contributed by atoms with Crippen LogP contribution in [0.2, 0.25) is 0 Å². The molecule has 16 aliphatic rings. The van der Waals surface area contributed by atoms with E-state index < -0.39 is 0 Å². The van der Waals surface area contributed by atoms with Crippen molar-refractivity contribution in [3.05, 3.63) is 0 Å². The van der Waals surface area contributed by atoms with E-state index in [1.54, 1.807) is 0 Å². The molecule has 0 spiro atoms. The predicted molar refractivity (Wildman–Crippen MR) is 148 cm³/mol. The predicted octanol–water partition coefficient (Wildman–Crippen LogP) is 3.31. The fraction of sp³-hybridized carbons (Fsp3) is 1.00. The normalized spacial score (nSPS) is 92.4. The van der Waals surface area contributed by atoms with Gasteiger partial charge < -0.3 is 10.2 Å². The van der Waals surface area contributed by atoms with Gasteiger partial charge in [-0.3, -0.25) is 0 Å². The number of aliphatic hydroxyl groups excluding tert-OH is 2. The van der Waals surface area contributed by atoms with Crippen molar-refractivity contribution in [1.82, 2.24) is 0 Å². The first-order chi connectivity index (χ1) is 17.8. The molecule has 0 aromatic heterocycles. The second kappa shape index (κ2) is 5.24. The topological polar surface area (TPSA) is 40.5 Å². The summed E-state index contributed by atoms with van der Waals surface area (Å²) in [7, 11) is 0. The summed E-state index contributed by atoms with van der Waals surface area (Å²) in [6.07, 6.45) is 2.59. The van der Waals surface area contributed by atoms with E-state index in [9.17, 15) is 10.2 Å². The fourth-order valence-corrected chi connectivity index (χ4v) is 21.4. The van der Waals surface area contributed by atoms with Gasteiger partial charge in [0.1, 0.15) is 0 Å². The molecule has 34 atom stereocenters. The van der Waals surface area contributed by atoms with E-state index >= 15 is 0 Å². The van der Waals surface area contributed by atoms with Gasteiger partial charge in [-0.05, 0) is 190 Å². The number of hydrogen-bond acceptors (Lipinski definition) is 2. The molecule has 0 aliphatic heterocycles.